The zero-order valence-electron chi connectivity index (χ0n) is 18.9. The summed E-state index contributed by atoms with van der Waals surface area (Å²) >= 11 is 1.30. The number of nitrogens with zero attached hydrogens (tertiary/aromatic N) is 2. The van der Waals surface area contributed by atoms with Gasteiger partial charge in [0.15, 0.2) is 6.61 Å². The minimum absolute atomic E-state index is 0.0195. The van der Waals surface area contributed by atoms with Crippen molar-refractivity contribution in [3.8, 4) is 16.9 Å². The summed E-state index contributed by atoms with van der Waals surface area (Å²) < 4.78 is 15.7. The van der Waals surface area contributed by atoms with Crippen molar-refractivity contribution in [3.63, 3.8) is 0 Å². The molecule has 1 amide bonds. The normalized spacial score (nSPS) is 13.2. The molecular weight excluding hydrogens is 474 g/mol. The first-order chi connectivity index (χ1) is 17.0. The Morgan fingerprint density at radius 1 is 1.14 bits per heavy atom. The Morgan fingerprint density at radius 3 is 2.57 bits per heavy atom. The number of carbonyl (C=O) groups excluding carboxylic acids is 2. The molecule has 3 aromatic rings. The molecule has 182 valence electrons. The number of ether oxygens (including phenoxy) is 3. The number of methoxy groups -OCH3 is 1. The van der Waals surface area contributed by atoms with Crippen LogP contribution in [0, 0.1) is 10.1 Å². The van der Waals surface area contributed by atoms with Crippen LogP contribution < -0.4 is 15.0 Å². The quantitative estimate of drug-likeness (QED) is 0.282. The monoisotopic (exact) mass is 497 g/mol. The van der Waals surface area contributed by atoms with Gasteiger partial charge in [0.25, 0.3) is 11.6 Å². The summed E-state index contributed by atoms with van der Waals surface area (Å²) in [4.78, 5) is 38.3. The van der Waals surface area contributed by atoms with Gasteiger partial charge < -0.3 is 24.4 Å². The standard InChI is InChI=1S/C24H23N3O7S/c1-32-17-7-8-19(20(13-17)27(30)31)25-22(28)15-34-24(29)21-14-18(16-5-3-2-4-6-16)23(35-21)26-9-11-33-12-10-26/h2-8,13-14H,9-12,15H2,1H3,(H,25,28). The molecule has 0 aliphatic carbocycles. The van der Waals surface area contributed by atoms with Gasteiger partial charge >= 0.3 is 5.97 Å². The minimum atomic E-state index is -0.695. The smallest absolute Gasteiger partial charge is 0.348 e. The molecule has 1 aromatic heterocycles. The van der Waals surface area contributed by atoms with E-state index in [0.717, 1.165) is 16.1 Å². The van der Waals surface area contributed by atoms with E-state index in [1.54, 1.807) is 6.07 Å². The zero-order chi connectivity index (χ0) is 24.8. The van der Waals surface area contributed by atoms with Crippen molar-refractivity contribution in [2.75, 3.05) is 50.2 Å². The van der Waals surface area contributed by atoms with E-state index < -0.39 is 23.4 Å². The average molecular weight is 498 g/mol. The van der Waals surface area contributed by atoms with Gasteiger partial charge in [-0.25, -0.2) is 4.79 Å². The number of esters is 1. The van der Waals surface area contributed by atoms with Crippen LogP contribution in [0.4, 0.5) is 16.4 Å². The summed E-state index contributed by atoms with van der Waals surface area (Å²) in [5, 5.41) is 14.7. The number of nitrogens with one attached hydrogen (secondary N) is 1. The second-order valence-electron chi connectivity index (χ2n) is 7.56. The van der Waals surface area contributed by atoms with Crippen molar-refractivity contribution in [3.05, 3.63) is 69.6 Å². The molecule has 1 N–H and O–H groups in total. The van der Waals surface area contributed by atoms with Crippen molar-refractivity contribution in [2.45, 2.75) is 0 Å². The highest BCUT2D eigenvalue weighted by Gasteiger charge is 2.23. The van der Waals surface area contributed by atoms with Gasteiger partial charge in [-0.3, -0.25) is 14.9 Å². The third-order valence-electron chi connectivity index (χ3n) is 5.31. The van der Waals surface area contributed by atoms with E-state index >= 15 is 0 Å². The topological polar surface area (TPSA) is 120 Å². The van der Waals surface area contributed by atoms with Crippen LogP contribution in [0.5, 0.6) is 5.75 Å². The fourth-order valence-electron chi connectivity index (χ4n) is 3.59. The molecule has 0 saturated carbocycles. The number of nitro groups is 1. The van der Waals surface area contributed by atoms with Crippen LogP contribution in [0.2, 0.25) is 0 Å². The van der Waals surface area contributed by atoms with Gasteiger partial charge in [-0.2, -0.15) is 0 Å². The minimum Gasteiger partial charge on any atom is -0.496 e. The molecule has 35 heavy (non-hydrogen) atoms. The molecule has 0 unspecified atom stereocenters. The molecular formula is C24H23N3O7S. The number of benzene rings is 2. The number of thiophene rings is 1. The molecule has 0 spiro atoms. The Kier molecular flexibility index (Phi) is 7.58. The lowest BCUT2D eigenvalue weighted by molar-refractivity contribution is -0.384. The van der Waals surface area contributed by atoms with E-state index in [2.05, 4.69) is 10.2 Å². The fraction of sp³-hybridized carbons (Fsp3) is 0.250. The van der Waals surface area contributed by atoms with E-state index in [9.17, 15) is 19.7 Å². The van der Waals surface area contributed by atoms with Crippen LogP contribution in [0.25, 0.3) is 11.1 Å². The van der Waals surface area contributed by atoms with Gasteiger partial charge in [-0.15, -0.1) is 11.3 Å². The predicted molar refractivity (Wildman–Crippen MR) is 131 cm³/mol. The number of carbonyl (C=O) groups is 2. The number of rotatable bonds is 8. The Bertz CT molecular complexity index is 1220. The van der Waals surface area contributed by atoms with Crippen LogP contribution in [-0.4, -0.2) is 56.8 Å². The van der Waals surface area contributed by atoms with E-state index in [1.807, 2.05) is 30.3 Å². The average Bonchev–Trinajstić information content (AvgIpc) is 3.34. The number of nitro benzene ring substituents is 1. The molecule has 1 saturated heterocycles. The molecule has 11 heteroatoms. The lowest BCUT2D eigenvalue weighted by Crippen LogP contribution is -2.35. The Morgan fingerprint density at radius 2 is 1.89 bits per heavy atom. The van der Waals surface area contributed by atoms with Gasteiger partial charge in [0.2, 0.25) is 0 Å². The summed E-state index contributed by atoms with van der Waals surface area (Å²) in [6, 6.07) is 15.5. The Hall–Kier alpha value is -3.96. The number of anilines is 2. The van der Waals surface area contributed by atoms with Crippen LogP contribution in [0.3, 0.4) is 0 Å². The molecule has 1 aliphatic rings. The zero-order valence-corrected chi connectivity index (χ0v) is 19.7. The van der Waals surface area contributed by atoms with Crippen LogP contribution in [0.1, 0.15) is 9.67 Å². The van der Waals surface area contributed by atoms with E-state index in [4.69, 9.17) is 14.2 Å². The third kappa shape index (κ3) is 5.76. The number of hydrogen-bond acceptors (Lipinski definition) is 9. The molecule has 10 nitrogen and oxygen atoms in total. The molecule has 1 aliphatic heterocycles. The van der Waals surface area contributed by atoms with Crippen LogP contribution in [0.15, 0.2) is 54.6 Å². The first-order valence-electron chi connectivity index (χ1n) is 10.8. The van der Waals surface area contributed by atoms with Crippen molar-refractivity contribution >= 4 is 39.6 Å². The maximum Gasteiger partial charge on any atom is 0.348 e. The van der Waals surface area contributed by atoms with Gasteiger partial charge in [0.05, 0.1) is 36.3 Å². The van der Waals surface area contributed by atoms with Gasteiger partial charge in [-0.05, 0) is 23.8 Å². The van der Waals surface area contributed by atoms with E-state index in [-0.39, 0.29) is 17.1 Å². The van der Waals surface area contributed by atoms with Gasteiger partial charge in [0, 0.05) is 18.7 Å². The molecule has 2 heterocycles. The van der Waals surface area contributed by atoms with Crippen LogP contribution in [-0.2, 0) is 14.3 Å². The number of hydrogen-bond donors (Lipinski definition) is 1. The summed E-state index contributed by atoms with van der Waals surface area (Å²) in [5.74, 6) is -1.06. The second kappa shape index (κ2) is 11.0. The van der Waals surface area contributed by atoms with Crippen LogP contribution >= 0.6 is 11.3 Å². The van der Waals surface area contributed by atoms with Crippen molar-refractivity contribution in [1.29, 1.82) is 0 Å². The Balaban J connectivity index is 1.47. The second-order valence-corrected chi connectivity index (χ2v) is 8.59. The third-order valence-corrected chi connectivity index (χ3v) is 6.48. The summed E-state index contributed by atoms with van der Waals surface area (Å²) in [7, 11) is 1.38. The number of morpholine rings is 1. The number of amides is 1. The SMILES string of the molecule is COc1ccc(NC(=O)COC(=O)c2cc(-c3ccccc3)c(N3CCOCC3)s2)c([N+](=O)[O-])c1. The molecule has 0 atom stereocenters. The highest BCUT2D eigenvalue weighted by molar-refractivity contribution is 7.18. The Labute approximate surface area is 205 Å². The molecule has 0 radical (unpaired) electrons. The highest BCUT2D eigenvalue weighted by atomic mass is 32.1. The maximum absolute atomic E-state index is 12.8. The first-order valence-corrected chi connectivity index (χ1v) is 11.6. The molecule has 2 aromatic carbocycles. The first kappa shape index (κ1) is 24.2. The van der Waals surface area contributed by atoms with Crippen molar-refractivity contribution in [2.24, 2.45) is 0 Å². The largest absolute Gasteiger partial charge is 0.496 e. The summed E-state index contributed by atoms with van der Waals surface area (Å²) in [6.07, 6.45) is 0. The summed E-state index contributed by atoms with van der Waals surface area (Å²) in [6.45, 7) is 2.02. The van der Waals surface area contributed by atoms with E-state index in [1.165, 1.54) is 36.6 Å². The van der Waals surface area contributed by atoms with Gasteiger partial charge in [0.1, 0.15) is 16.3 Å². The lowest BCUT2D eigenvalue weighted by atomic mass is 10.1. The summed E-state index contributed by atoms with van der Waals surface area (Å²) in [5.41, 5.74) is 1.52. The van der Waals surface area contributed by atoms with E-state index in [0.29, 0.717) is 31.2 Å². The highest BCUT2D eigenvalue weighted by Crippen LogP contribution is 2.39. The fourth-order valence-corrected chi connectivity index (χ4v) is 4.72. The lowest BCUT2D eigenvalue weighted by Gasteiger charge is -2.28. The predicted octanol–water partition coefficient (Wildman–Crippen LogP) is 3.96. The van der Waals surface area contributed by atoms with Crippen molar-refractivity contribution in [1.82, 2.24) is 0 Å². The van der Waals surface area contributed by atoms with Gasteiger partial charge in [-0.1, -0.05) is 30.3 Å². The maximum atomic E-state index is 12.8. The molecule has 1 fully saturated rings. The molecule has 4 rings (SSSR count). The van der Waals surface area contributed by atoms with Crippen molar-refractivity contribution < 1.29 is 28.7 Å². The molecule has 0 bridgehead atoms.